The Balaban J connectivity index is 1.83. The third kappa shape index (κ3) is 21.2. The molecule has 0 radical (unpaired) electrons. The van der Waals surface area contributed by atoms with Crippen LogP contribution in [0.25, 0.3) is 0 Å². The molecule has 1 heterocycles. The van der Waals surface area contributed by atoms with E-state index in [-0.39, 0.29) is 99.1 Å². The summed E-state index contributed by atoms with van der Waals surface area (Å²) in [6.07, 6.45) is 5.59. The molecule has 0 spiro atoms. The fourth-order valence-electron chi connectivity index (χ4n) is 18.9. The third-order valence-corrected chi connectivity index (χ3v) is 25.4. The number of nitrogens with zero attached hydrogens (tertiary/aromatic N) is 7. The van der Waals surface area contributed by atoms with Crippen molar-refractivity contribution in [2.75, 3.05) is 62.5 Å². The van der Waals surface area contributed by atoms with Gasteiger partial charge in [0.15, 0.2) is 5.78 Å². The van der Waals surface area contributed by atoms with Gasteiger partial charge in [-0.15, -0.1) is 0 Å². The van der Waals surface area contributed by atoms with Crippen LogP contribution in [-0.4, -0.2) is 268 Å². The number of hydrogen-bond acceptors (Lipinski definition) is 18. The lowest BCUT2D eigenvalue weighted by Gasteiger charge is -2.63. The molecule has 1 aliphatic heterocycles. The van der Waals surface area contributed by atoms with E-state index in [0.29, 0.717) is 25.5 Å². The van der Waals surface area contributed by atoms with Gasteiger partial charge in [-0.1, -0.05) is 135 Å². The van der Waals surface area contributed by atoms with Crippen molar-refractivity contribution in [2.24, 2.45) is 69.5 Å². The predicted molar refractivity (Wildman–Crippen MR) is 431 cm³/mol. The van der Waals surface area contributed by atoms with Gasteiger partial charge in [0.25, 0.3) is 0 Å². The van der Waals surface area contributed by atoms with Gasteiger partial charge in [-0.2, -0.15) is 0 Å². The van der Waals surface area contributed by atoms with Crippen LogP contribution in [-0.2, 0) is 71.8 Å². The van der Waals surface area contributed by atoms with Crippen LogP contribution >= 0.6 is 0 Å². The highest BCUT2D eigenvalue weighted by Gasteiger charge is 2.73. The van der Waals surface area contributed by atoms with E-state index in [0.717, 1.165) is 15.4 Å². The summed E-state index contributed by atoms with van der Waals surface area (Å²) >= 11 is 0. The van der Waals surface area contributed by atoms with Crippen molar-refractivity contribution in [1.82, 2.24) is 55.6 Å². The van der Waals surface area contributed by atoms with Crippen LogP contribution in [0.5, 0.6) is 0 Å². The van der Waals surface area contributed by atoms with E-state index in [9.17, 15) is 53.4 Å². The molecule has 11 amide bonds. The first-order valence-electron chi connectivity index (χ1n) is 41.2. The number of carbonyl (C=O) groups is 14. The summed E-state index contributed by atoms with van der Waals surface area (Å²) in [7, 11) is 9.61. The number of allylic oxidation sites excluding steroid dienone is 6. The van der Waals surface area contributed by atoms with E-state index in [4.69, 9.17) is 9.47 Å². The van der Waals surface area contributed by atoms with Crippen LogP contribution in [0.2, 0.25) is 0 Å². The molecule has 642 valence electrons. The number of fused-ring (bicyclic) bond motifs is 5. The molecular weight excluding hydrogens is 1460 g/mol. The zero-order valence-corrected chi connectivity index (χ0v) is 73.0. The number of ketones is 1. The number of rotatable bonds is 20. The Morgan fingerprint density at radius 1 is 0.623 bits per heavy atom. The van der Waals surface area contributed by atoms with Crippen molar-refractivity contribution >= 4 is 83.2 Å². The van der Waals surface area contributed by atoms with Gasteiger partial charge in [0.1, 0.15) is 79.4 Å². The average Bonchev–Trinajstić information content (AvgIpc) is 1.46. The van der Waals surface area contributed by atoms with Crippen molar-refractivity contribution in [3.63, 3.8) is 0 Å². The number of carbonyl (C=O) groups excluding carboxylic acids is 14. The molecule has 0 bridgehead atoms. The monoisotopic (exact) mass is 1600 g/mol. The van der Waals surface area contributed by atoms with Crippen LogP contribution in [0.1, 0.15) is 209 Å². The standard InChI is InChI=1S/C85H139N11O18/c1-27-29-35-83(18,85(112)37-34-58-57-32-31-55-44-56(98)33-36-82(55,17)66(57)64(99)45-84(58,85)19)70(114-81(111)113-39-30-38-97)69-74(104)88-59(28-2)76(106)90(20)46-65(100)91(21)60(40-47(3)4)73(103)89-67(51(11)12)79(109)92(22)61(41-48(5)6)72(102)86-53(15)71(101)87-54(16)75(105)93(23)62(42-49(7)8)77(107)94(24)63(43-50(9)10)78(108)95(25)68(52(13)14)80(110)96(69)26/h27,29,33,36,38,44,47-54,57-64,66-70,99,112H,28,30-32,34-35,37,39-43,45-46H2,1-26H3,(H,86,102)(H,87,101)(H,88,104)(H,89,103)/b29-27+/t53?,54?,57?,58?,59?,60-,61?,62?,63?,64-,66?,67?,68?,69?,70?,82-,83+,84-,85-/m0/s1. The van der Waals surface area contributed by atoms with Gasteiger partial charge in [-0.3, -0.25) is 57.5 Å². The number of aliphatic hydroxyl groups excluding tert-OH is 1. The van der Waals surface area contributed by atoms with E-state index in [1.165, 1.54) is 93.8 Å². The summed E-state index contributed by atoms with van der Waals surface area (Å²) < 4.78 is 12.2. The van der Waals surface area contributed by atoms with E-state index in [1.807, 2.05) is 75.3 Å². The molecule has 0 aromatic carbocycles. The molecule has 3 saturated carbocycles. The maximum atomic E-state index is 16.6. The summed E-state index contributed by atoms with van der Waals surface area (Å²) in [4.78, 5) is 215. The van der Waals surface area contributed by atoms with Crippen LogP contribution in [0.4, 0.5) is 4.79 Å². The minimum Gasteiger partial charge on any atom is -0.434 e. The molecule has 0 aromatic heterocycles. The zero-order chi connectivity index (χ0) is 86.6. The highest BCUT2D eigenvalue weighted by atomic mass is 16.7. The Morgan fingerprint density at radius 3 is 1.66 bits per heavy atom. The maximum absolute atomic E-state index is 16.6. The number of aldehydes is 1. The van der Waals surface area contributed by atoms with Gasteiger partial charge < -0.3 is 80.0 Å². The Kier molecular flexibility index (Phi) is 34.0. The smallest absolute Gasteiger partial charge is 0.434 e. The summed E-state index contributed by atoms with van der Waals surface area (Å²) in [5, 5.41) is 38.6. The topological polar surface area (TPSA) is 369 Å². The highest BCUT2D eigenvalue weighted by molar-refractivity contribution is 6.02. The number of hydrogen-bond donors (Lipinski definition) is 6. The molecule has 1 saturated heterocycles. The third-order valence-electron chi connectivity index (χ3n) is 25.4. The van der Waals surface area contributed by atoms with E-state index >= 15 is 24.0 Å². The molecular formula is C85H139N11O18. The first-order valence-corrected chi connectivity index (χ1v) is 41.2. The molecule has 114 heavy (non-hydrogen) atoms. The van der Waals surface area contributed by atoms with Crippen molar-refractivity contribution in [1.29, 1.82) is 0 Å². The minimum absolute atomic E-state index is 0.000330. The van der Waals surface area contributed by atoms with Crippen LogP contribution in [0.15, 0.2) is 36.0 Å². The lowest BCUT2D eigenvalue weighted by molar-refractivity contribution is -0.235. The largest absolute Gasteiger partial charge is 0.508 e. The summed E-state index contributed by atoms with van der Waals surface area (Å²) in [5.74, 6) is -12.0. The van der Waals surface area contributed by atoms with E-state index in [2.05, 4.69) is 21.3 Å². The van der Waals surface area contributed by atoms with Crippen molar-refractivity contribution in [3.8, 4) is 0 Å². The minimum atomic E-state index is -2.10. The van der Waals surface area contributed by atoms with Gasteiger partial charge in [0.05, 0.1) is 18.2 Å². The lowest BCUT2D eigenvalue weighted by Crippen LogP contribution is -2.71. The van der Waals surface area contributed by atoms with Crippen molar-refractivity contribution in [3.05, 3.63) is 36.0 Å². The number of nitrogens with one attached hydrogen (secondary N) is 4. The van der Waals surface area contributed by atoms with Crippen LogP contribution in [0.3, 0.4) is 0 Å². The summed E-state index contributed by atoms with van der Waals surface area (Å²) in [6.45, 7) is 32.0. The number of aliphatic hydroxyl groups is 2. The van der Waals surface area contributed by atoms with Gasteiger partial charge >= 0.3 is 6.16 Å². The number of ether oxygens (including phenoxy) is 2. The molecule has 13 unspecified atom stereocenters. The average molecular weight is 1600 g/mol. The van der Waals surface area contributed by atoms with Crippen LogP contribution < -0.4 is 21.3 Å². The second-order valence-corrected chi connectivity index (χ2v) is 36.2. The first kappa shape index (κ1) is 96.5. The quantitative estimate of drug-likeness (QED) is 0.0332. The van der Waals surface area contributed by atoms with Gasteiger partial charge in [0, 0.05) is 77.9 Å². The number of amides is 11. The summed E-state index contributed by atoms with van der Waals surface area (Å²) in [6, 6.07) is -14.0. The second kappa shape index (κ2) is 40.2. The first-order chi connectivity index (χ1) is 52.9. The van der Waals surface area contributed by atoms with Gasteiger partial charge in [0.2, 0.25) is 65.0 Å². The van der Waals surface area contributed by atoms with Crippen LogP contribution in [0, 0.1) is 69.5 Å². The fourth-order valence-corrected chi connectivity index (χ4v) is 18.9. The van der Waals surface area contributed by atoms with E-state index in [1.54, 1.807) is 66.7 Å². The molecule has 5 rings (SSSR count). The molecule has 5 aliphatic rings. The van der Waals surface area contributed by atoms with Crippen molar-refractivity contribution in [2.45, 2.75) is 287 Å². The Bertz CT molecular complexity index is 3590. The molecule has 6 N–H and O–H groups in total. The Labute approximate surface area is 677 Å². The zero-order valence-electron chi connectivity index (χ0n) is 73.0. The normalized spacial score (nSPS) is 32.1. The molecule has 4 aliphatic carbocycles. The SMILES string of the molecule is C/C=C/C[C@](C)(C(OC(=O)OCCC=O)C1C(=O)NC(CC)C(=O)N(C)CC(=O)N(C)[C@@H](CC(C)C)C(=O)NC(C(C)C)C(=O)N(C)C(CC(C)C)C(=O)NC(C)C(=O)NC(C)C(=O)N(C)C(CC(C)C)C(=O)N(C)C(CC(C)C)C(=O)N(C)C(C(C)C)C(=O)N1C)[C@@]1(O)CCC2C3CCC4=CC(=O)C=C[C@]4(C)C3[C@@H](O)C[C@@]21C. The molecule has 29 heteroatoms. The fraction of sp³-hybridized carbons (Fsp3) is 0.765. The molecule has 29 nitrogen and oxygen atoms in total. The molecule has 0 aromatic rings. The Hall–Kier alpha value is -8.08. The molecule has 4 fully saturated rings. The van der Waals surface area contributed by atoms with Gasteiger partial charge in [-0.25, -0.2) is 4.79 Å². The van der Waals surface area contributed by atoms with E-state index < -0.39 is 197 Å². The Morgan fingerprint density at radius 2 is 1.13 bits per heavy atom. The lowest BCUT2D eigenvalue weighted by atomic mass is 9.44. The maximum Gasteiger partial charge on any atom is 0.508 e. The second-order valence-electron chi connectivity index (χ2n) is 36.2. The number of likely N-dealkylation sites (N-methyl/N-ethyl adjacent to an activating group) is 7. The van der Waals surface area contributed by atoms with Gasteiger partial charge in [-0.05, 0) is 151 Å². The molecule has 19 atom stereocenters. The predicted octanol–water partition coefficient (Wildman–Crippen LogP) is 6.40. The van der Waals surface area contributed by atoms with Crippen molar-refractivity contribution < 1.29 is 86.8 Å². The highest BCUT2D eigenvalue weighted by Crippen LogP contribution is 2.71. The summed E-state index contributed by atoms with van der Waals surface area (Å²) in [5.41, 5.74) is -5.07.